The molecule has 1 aliphatic rings. The van der Waals surface area contributed by atoms with Gasteiger partial charge in [-0.15, -0.1) is 0 Å². The lowest BCUT2D eigenvalue weighted by Gasteiger charge is -2.41. The van der Waals surface area contributed by atoms with E-state index in [4.69, 9.17) is 9.15 Å². The van der Waals surface area contributed by atoms with Gasteiger partial charge in [0.25, 0.3) is 0 Å². The SMILES string of the molecule is CC(=O)O[C@@H]1CCN(Cc2ccco2)[C@@H](C)[C@@H]1C. The zero-order chi connectivity index (χ0) is 13.1. The molecule has 0 N–H and O–H groups in total. The molecule has 1 aromatic rings. The third-order valence-corrected chi connectivity index (χ3v) is 3.88. The van der Waals surface area contributed by atoms with E-state index in [2.05, 4.69) is 18.7 Å². The molecule has 0 saturated carbocycles. The zero-order valence-electron chi connectivity index (χ0n) is 11.3. The predicted molar refractivity (Wildman–Crippen MR) is 67.9 cm³/mol. The molecule has 0 radical (unpaired) electrons. The highest BCUT2D eigenvalue weighted by Gasteiger charge is 2.34. The van der Waals surface area contributed by atoms with Gasteiger partial charge in [0, 0.05) is 25.4 Å². The maximum atomic E-state index is 11.1. The smallest absolute Gasteiger partial charge is 0.302 e. The maximum absolute atomic E-state index is 11.1. The average Bonchev–Trinajstić information content (AvgIpc) is 2.81. The molecule has 0 spiro atoms. The summed E-state index contributed by atoms with van der Waals surface area (Å²) >= 11 is 0. The number of esters is 1. The van der Waals surface area contributed by atoms with Crippen molar-refractivity contribution in [1.29, 1.82) is 0 Å². The predicted octanol–water partition coefficient (Wildman–Crippen LogP) is 2.44. The summed E-state index contributed by atoms with van der Waals surface area (Å²) in [4.78, 5) is 13.4. The lowest BCUT2D eigenvalue weighted by molar-refractivity contribution is -0.153. The van der Waals surface area contributed by atoms with Gasteiger partial charge in [-0.05, 0) is 25.5 Å². The van der Waals surface area contributed by atoms with Gasteiger partial charge < -0.3 is 9.15 Å². The molecule has 0 amide bonds. The van der Waals surface area contributed by atoms with Gasteiger partial charge in [0.1, 0.15) is 11.9 Å². The van der Waals surface area contributed by atoms with E-state index in [1.54, 1.807) is 6.26 Å². The number of carbonyl (C=O) groups excluding carboxylic acids is 1. The summed E-state index contributed by atoms with van der Waals surface area (Å²) in [5.41, 5.74) is 0. The van der Waals surface area contributed by atoms with Gasteiger partial charge in [0.15, 0.2) is 0 Å². The van der Waals surface area contributed by atoms with E-state index < -0.39 is 0 Å². The molecule has 0 aromatic carbocycles. The quantitative estimate of drug-likeness (QED) is 0.774. The van der Waals surface area contributed by atoms with Crippen molar-refractivity contribution < 1.29 is 13.9 Å². The van der Waals surface area contributed by atoms with Gasteiger partial charge in [-0.3, -0.25) is 9.69 Å². The molecule has 3 atom stereocenters. The first-order chi connectivity index (χ1) is 8.58. The Hall–Kier alpha value is -1.29. The number of hydrogen-bond acceptors (Lipinski definition) is 4. The second kappa shape index (κ2) is 5.57. The molecule has 1 fully saturated rings. The standard InChI is InChI=1S/C14H21NO3/c1-10-11(2)15(9-13-5-4-8-17-13)7-6-14(10)18-12(3)16/h4-5,8,10-11,14H,6-7,9H2,1-3H3/t10-,11-,14+/m0/s1. The van der Waals surface area contributed by atoms with Gasteiger partial charge in [-0.1, -0.05) is 6.92 Å². The Morgan fingerprint density at radius 3 is 2.94 bits per heavy atom. The van der Waals surface area contributed by atoms with Crippen LogP contribution in [-0.4, -0.2) is 29.6 Å². The van der Waals surface area contributed by atoms with Crippen LogP contribution >= 0.6 is 0 Å². The third kappa shape index (κ3) is 2.93. The van der Waals surface area contributed by atoms with E-state index in [0.717, 1.165) is 25.3 Å². The molecule has 2 rings (SSSR count). The van der Waals surface area contributed by atoms with Crippen LogP contribution in [0.5, 0.6) is 0 Å². The number of piperidine rings is 1. The van der Waals surface area contributed by atoms with Crippen LogP contribution in [0.4, 0.5) is 0 Å². The van der Waals surface area contributed by atoms with E-state index in [0.29, 0.717) is 12.0 Å². The summed E-state index contributed by atoms with van der Waals surface area (Å²) in [7, 11) is 0. The number of nitrogens with zero attached hydrogens (tertiary/aromatic N) is 1. The highest BCUT2D eigenvalue weighted by Crippen LogP contribution is 2.27. The summed E-state index contributed by atoms with van der Waals surface area (Å²) in [6, 6.07) is 4.29. The molecular formula is C14H21NO3. The Kier molecular flexibility index (Phi) is 4.07. The van der Waals surface area contributed by atoms with Gasteiger partial charge in [0.05, 0.1) is 12.8 Å². The maximum Gasteiger partial charge on any atom is 0.302 e. The molecule has 18 heavy (non-hydrogen) atoms. The Morgan fingerprint density at radius 2 is 2.33 bits per heavy atom. The minimum atomic E-state index is -0.182. The molecule has 1 aliphatic heterocycles. The number of rotatable bonds is 3. The van der Waals surface area contributed by atoms with Crippen LogP contribution in [0, 0.1) is 5.92 Å². The first kappa shape index (κ1) is 13.1. The van der Waals surface area contributed by atoms with Crippen LogP contribution < -0.4 is 0 Å². The fraction of sp³-hybridized carbons (Fsp3) is 0.643. The first-order valence-corrected chi connectivity index (χ1v) is 6.51. The second-order valence-electron chi connectivity index (χ2n) is 5.09. The van der Waals surface area contributed by atoms with E-state index in [-0.39, 0.29) is 12.1 Å². The lowest BCUT2D eigenvalue weighted by Crippen LogP contribution is -2.49. The van der Waals surface area contributed by atoms with Crippen molar-refractivity contribution in [1.82, 2.24) is 4.90 Å². The zero-order valence-corrected chi connectivity index (χ0v) is 11.3. The highest BCUT2D eigenvalue weighted by molar-refractivity contribution is 5.66. The summed E-state index contributed by atoms with van der Waals surface area (Å²) in [6.45, 7) is 7.57. The normalized spacial score (nSPS) is 29.2. The molecular weight excluding hydrogens is 230 g/mol. The molecule has 0 bridgehead atoms. The van der Waals surface area contributed by atoms with Crippen LogP contribution in [-0.2, 0) is 16.1 Å². The van der Waals surface area contributed by atoms with Crippen molar-refractivity contribution in [2.24, 2.45) is 5.92 Å². The fourth-order valence-electron chi connectivity index (χ4n) is 2.61. The van der Waals surface area contributed by atoms with Crippen LogP contribution in [0.1, 0.15) is 33.0 Å². The minimum absolute atomic E-state index is 0.0466. The molecule has 2 heterocycles. The number of ether oxygens (including phenoxy) is 1. The van der Waals surface area contributed by atoms with E-state index >= 15 is 0 Å². The topological polar surface area (TPSA) is 42.7 Å². The van der Waals surface area contributed by atoms with Crippen molar-refractivity contribution in [2.45, 2.75) is 45.9 Å². The van der Waals surface area contributed by atoms with Gasteiger partial charge in [-0.2, -0.15) is 0 Å². The fourth-order valence-corrected chi connectivity index (χ4v) is 2.61. The van der Waals surface area contributed by atoms with Gasteiger partial charge in [0.2, 0.25) is 0 Å². The largest absolute Gasteiger partial charge is 0.468 e. The lowest BCUT2D eigenvalue weighted by atomic mass is 9.89. The number of likely N-dealkylation sites (tertiary alicyclic amines) is 1. The first-order valence-electron chi connectivity index (χ1n) is 6.51. The number of carbonyl (C=O) groups is 1. The Labute approximate surface area is 108 Å². The summed E-state index contributed by atoms with van der Waals surface area (Å²) < 4.78 is 10.8. The molecule has 0 unspecified atom stereocenters. The Morgan fingerprint density at radius 1 is 1.56 bits per heavy atom. The van der Waals surface area contributed by atoms with E-state index in [9.17, 15) is 4.79 Å². The van der Waals surface area contributed by atoms with Crippen LogP contribution in [0.2, 0.25) is 0 Å². The monoisotopic (exact) mass is 251 g/mol. The summed E-state index contributed by atoms with van der Waals surface area (Å²) in [6.07, 6.45) is 2.64. The third-order valence-electron chi connectivity index (χ3n) is 3.88. The van der Waals surface area contributed by atoms with Crippen molar-refractivity contribution in [3.05, 3.63) is 24.2 Å². The summed E-state index contributed by atoms with van der Waals surface area (Å²) in [5.74, 6) is 1.15. The molecule has 4 heteroatoms. The van der Waals surface area contributed by atoms with Crippen LogP contribution in [0.15, 0.2) is 22.8 Å². The van der Waals surface area contributed by atoms with Crippen molar-refractivity contribution in [3.8, 4) is 0 Å². The average molecular weight is 251 g/mol. The Balaban J connectivity index is 1.95. The number of furan rings is 1. The van der Waals surface area contributed by atoms with Gasteiger partial charge in [-0.25, -0.2) is 0 Å². The molecule has 4 nitrogen and oxygen atoms in total. The number of hydrogen-bond donors (Lipinski definition) is 0. The van der Waals surface area contributed by atoms with Gasteiger partial charge >= 0.3 is 5.97 Å². The Bertz CT molecular complexity index is 388. The highest BCUT2D eigenvalue weighted by atomic mass is 16.5. The van der Waals surface area contributed by atoms with Crippen molar-refractivity contribution in [2.75, 3.05) is 6.54 Å². The molecule has 1 aromatic heterocycles. The van der Waals surface area contributed by atoms with Crippen LogP contribution in [0.3, 0.4) is 0 Å². The minimum Gasteiger partial charge on any atom is -0.468 e. The van der Waals surface area contributed by atoms with Crippen molar-refractivity contribution in [3.63, 3.8) is 0 Å². The molecule has 100 valence electrons. The van der Waals surface area contributed by atoms with E-state index in [1.165, 1.54) is 6.92 Å². The molecule has 1 saturated heterocycles. The van der Waals surface area contributed by atoms with Crippen LogP contribution in [0.25, 0.3) is 0 Å². The van der Waals surface area contributed by atoms with Crippen molar-refractivity contribution >= 4 is 5.97 Å². The second-order valence-corrected chi connectivity index (χ2v) is 5.09. The summed E-state index contributed by atoms with van der Waals surface area (Å²) in [5, 5.41) is 0. The van der Waals surface area contributed by atoms with E-state index in [1.807, 2.05) is 12.1 Å². The molecule has 0 aliphatic carbocycles.